The predicted octanol–water partition coefficient (Wildman–Crippen LogP) is 2.33. The molecular formula is C12H21F2NO. The van der Waals surface area contributed by atoms with Crippen LogP contribution in [0.15, 0.2) is 0 Å². The molecule has 0 saturated carbocycles. The highest BCUT2D eigenvalue weighted by atomic mass is 19.2. The monoisotopic (exact) mass is 233 g/mol. The number of hydrogen-bond acceptors (Lipinski definition) is 2. The zero-order chi connectivity index (χ0) is 11.8. The SMILES string of the molecule is CC(C)OCC12CCCN1CC(F)(CF)C2. The number of rotatable bonds is 4. The first-order valence-electron chi connectivity index (χ1n) is 6.11. The summed E-state index contributed by atoms with van der Waals surface area (Å²) in [5, 5.41) is 0. The molecule has 2 atom stereocenters. The molecule has 2 fully saturated rings. The van der Waals surface area contributed by atoms with E-state index in [0.29, 0.717) is 13.0 Å². The van der Waals surface area contributed by atoms with Crippen molar-refractivity contribution in [1.29, 1.82) is 0 Å². The van der Waals surface area contributed by atoms with E-state index in [4.69, 9.17) is 4.74 Å². The number of alkyl halides is 2. The summed E-state index contributed by atoms with van der Waals surface area (Å²) in [5.41, 5.74) is -1.87. The molecule has 0 spiro atoms. The molecular weight excluding hydrogens is 212 g/mol. The molecule has 16 heavy (non-hydrogen) atoms. The number of fused-ring (bicyclic) bond motifs is 1. The molecule has 2 aliphatic heterocycles. The second kappa shape index (κ2) is 4.22. The van der Waals surface area contributed by atoms with E-state index < -0.39 is 12.3 Å². The van der Waals surface area contributed by atoms with Crippen LogP contribution >= 0.6 is 0 Å². The molecule has 4 heteroatoms. The molecule has 0 N–H and O–H groups in total. The minimum absolute atomic E-state index is 0.150. The summed E-state index contributed by atoms with van der Waals surface area (Å²) in [6, 6.07) is 0. The normalized spacial score (nSPS) is 39.6. The van der Waals surface area contributed by atoms with E-state index in [2.05, 4.69) is 4.90 Å². The smallest absolute Gasteiger partial charge is 0.153 e. The zero-order valence-corrected chi connectivity index (χ0v) is 10.1. The van der Waals surface area contributed by atoms with Crippen LogP contribution in [0.1, 0.15) is 33.1 Å². The number of hydrogen-bond donors (Lipinski definition) is 0. The van der Waals surface area contributed by atoms with Crippen LogP contribution < -0.4 is 0 Å². The molecule has 0 aliphatic carbocycles. The van der Waals surface area contributed by atoms with Crippen molar-refractivity contribution in [1.82, 2.24) is 4.90 Å². The van der Waals surface area contributed by atoms with Gasteiger partial charge in [-0.15, -0.1) is 0 Å². The maximum Gasteiger partial charge on any atom is 0.153 e. The molecule has 2 aliphatic rings. The fraction of sp³-hybridized carbons (Fsp3) is 1.00. The molecule has 0 aromatic rings. The molecule has 2 saturated heterocycles. The standard InChI is InChI=1S/C12H21F2NO/c1-10(2)16-9-12-4-3-5-15(12)8-11(14,6-12)7-13/h10H,3-9H2,1-2H3. The Morgan fingerprint density at radius 2 is 2.19 bits per heavy atom. The summed E-state index contributed by atoms with van der Waals surface area (Å²) < 4.78 is 32.4. The highest BCUT2D eigenvalue weighted by Gasteiger charge is 2.56. The van der Waals surface area contributed by atoms with Gasteiger partial charge in [0.15, 0.2) is 5.67 Å². The van der Waals surface area contributed by atoms with E-state index in [0.717, 1.165) is 19.4 Å². The fourth-order valence-corrected chi connectivity index (χ4v) is 3.05. The topological polar surface area (TPSA) is 12.5 Å². The van der Waals surface area contributed by atoms with E-state index in [9.17, 15) is 8.78 Å². The van der Waals surface area contributed by atoms with Gasteiger partial charge in [0.25, 0.3) is 0 Å². The molecule has 0 bridgehead atoms. The van der Waals surface area contributed by atoms with Crippen molar-refractivity contribution in [2.24, 2.45) is 0 Å². The quantitative estimate of drug-likeness (QED) is 0.739. The molecule has 2 rings (SSSR count). The average molecular weight is 233 g/mol. The van der Waals surface area contributed by atoms with E-state index in [1.165, 1.54) is 0 Å². The van der Waals surface area contributed by atoms with Gasteiger partial charge in [-0.2, -0.15) is 0 Å². The van der Waals surface area contributed by atoms with Gasteiger partial charge in [-0.1, -0.05) is 0 Å². The Balaban J connectivity index is 2.05. The Morgan fingerprint density at radius 1 is 1.44 bits per heavy atom. The fourth-order valence-electron chi connectivity index (χ4n) is 3.05. The van der Waals surface area contributed by atoms with Crippen LogP contribution in [-0.4, -0.2) is 48.6 Å². The Morgan fingerprint density at radius 3 is 2.81 bits per heavy atom. The minimum atomic E-state index is -1.64. The van der Waals surface area contributed by atoms with Crippen molar-refractivity contribution in [2.45, 2.75) is 50.4 Å². The van der Waals surface area contributed by atoms with Crippen molar-refractivity contribution >= 4 is 0 Å². The van der Waals surface area contributed by atoms with Crippen molar-refractivity contribution in [3.8, 4) is 0 Å². The van der Waals surface area contributed by atoms with Gasteiger partial charge in [0.1, 0.15) is 6.67 Å². The molecule has 0 amide bonds. The predicted molar refractivity (Wildman–Crippen MR) is 59.1 cm³/mol. The third-order valence-corrected chi connectivity index (χ3v) is 3.79. The first kappa shape index (κ1) is 12.2. The lowest BCUT2D eigenvalue weighted by atomic mass is 9.90. The lowest BCUT2D eigenvalue weighted by molar-refractivity contribution is 0.00160. The Hall–Kier alpha value is -0.220. The Bertz CT molecular complexity index is 261. The minimum Gasteiger partial charge on any atom is -0.377 e. The molecule has 2 unspecified atom stereocenters. The van der Waals surface area contributed by atoms with Crippen LogP contribution in [0.5, 0.6) is 0 Å². The zero-order valence-electron chi connectivity index (χ0n) is 10.1. The first-order chi connectivity index (χ1) is 7.50. The van der Waals surface area contributed by atoms with Crippen LogP contribution in [0.25, 0.3) is 0 Å². The van der Waals surface area contributed by atoms with Crippen molar-refractivity contribution < 1.29 is 13.5 Å². The largest absolute Gasteiger partial charge is 0.377 e. The third-order valence-electron chi connectivity index (χ3n) is 3.79. The molecule has 2 heterocycles. The highest BCUT2D eigenvalue weighted by molar-refractivity contribution is 5.09. The maximum absolute atomic E-state index is 14.1. The van der Waals surface area contributed by atoms with Gasteiger partial charge in [0.2, 0.25) is 0 Å². The summed E-state index contributed by atoms with van der Waals surface area (Å²) in [5.74, 6) is 0. The summed E-state index contributed by atoms with van der Waals surface area (Å²) in [7, 11) is 0. The van der Waals surface area contributed by atoms with Gasteiger partial charge in [0.05, 0.1) is 12.7 Å². The van der Waals surface area contributed by atoms with Crippen LogP contribution in [0.3, 0.4) is 0 Å². The van der Waals surface area contributed by atoms with Gasteiger partial charge >= 0.3 is 0 Å². The number of nitrogens with zero attached hydrogens (tertiary/aromatic N) is 1. The Kier molecular flexibility index (Phi) is 3.23. The maximum atomic E-state index is 14.1. The van der Waals surface area contributed by atoms with Crippen molar-refractivity contribution in [3.63, 3.8) is 0 Å². The van der Waals surface area contributed by atoms with Crippen LogP contribution in [-0.2, 0) is 4.74 Å². The second-order valence-electron chi connectivity index (χ2n) is 5.57. The van der Waals surface area contributed by atoms with Gasteiger partial charge in [-0.3, -0.25) is 4.90 Å². The van der Waals surface area contributed by atoms with E-state index >= 15 is 0 Å². The molecule has 0 aromatic carbocycles. The van der Waals surface area contributed by atoms with Crippen molar-refractivity contribution in [2.75, 3.05) is 26.4 Å². The van der Waals surface area contributed by atoms with E-state index in [1.54, 1.807) is 0 Å². The third kappa shape index (κ3) is 2.09. The summed E-state index contributed by atoms with van der Waals surface area (Å²) in [6.07, 6.45) is 2.45. The van der Waals surface area contributed by atoms with Crippen LogP contribution in [0.2, 0.25) is 0 Å². The lowest BCUT2D eigenvalue weighted by Crippen LogP contribution is -2.43. The van der Waals surface area contributed by atoms with Gasteiger partial charge in [-0.05, 0) is 33.2 Å². The van der Waals surface area contributed by atoms with Gasteiger partial charge in [0, 0.05) is 18.5 Å². The highest BCUT2D eigenvalue weighted by Crippen LogP contribution is 2.45. The van der Waals surface area contributed by atoms with Gasteiger partial charge in [-0.25, -0.2) is 8.78 Å². The molecule has 94 valence electrons. The van der Waals surface area contributed by atoms with Crippen LogP contribution in [0.4, 0.5) is 8.78 Å². The van der Waals surface area contributed by atoms with Gasteiger partial charge < -0.3 is 4.74 Å². The number of ether oxygens (including phenoxy) is 1. The van der Waals surface area contributed by atoms with E-state index in [1.807, 2.05) is 13.8 Å². The van der Waals surface area contributed by atoms with Crippen molar-refractivity contribution in [3.05, 3.63) is 0 Å². The Labute approximate surface area is 95.9 Å². The van der Waals surface area contributed by atoms with Crippen LogP contribution in [0, 0.1) is 0 Å². The summed E-state index contributed by atoms with van der Waals surface area (Å²) in [4.78, 5) is 2.09. The van der Waals surface area contributed by atoms with E-state index in [-0.39, 0.29) is 18.2 Å². The molecule has 2 nitrogen and oxygen atoms in total. The lowest BCUT2D eigenvalue weighted by Gasteiger charge is -2.32. The first-order valence-corrected chi connectivity index (χ1v) is 6.11. The molecule has 0 aromatic heterocycles. The summed E-state index contributed by atoms with van der Waals surface area (Å²) >= 11 is 0. The number of halogens is 2. The second-order valence-corrected chi connectivity index (χ2v) is 5.57. The molecule has 0 radical (unpaired) electrons. The average Bonchev–Trinajstić information content (AvgIpc) is 2.69. The summed E-state index contributed by atoms with van der Waals surface area (Å²) in [6.45, 7) is 4.74.